The van der Waals surface area contributed by atoms with Crippen molar-refractivity contribution < 1.29 is 19.1 Å². The number of aromatic nitrogens is 2. The first-order valence-electron chi connectivity index (χ1n) is 13.6. The number of hydrogen-bond donors (Lipinski definition) is 1. The Kier molecular flexibility index (Phi) is 6.68. The van der Waals surface area contributed by atoms with Crippen LogP contribution in [0.15, 0.2) is 54.7 Å². The van der Waals surface area contributed by atoms with Crippen LogP contribution in [0, 0.1) is 0 Å². The van der Waals surface area contributed by atoms with Gasteiger partial charge in [0.1, 0.15) is 18.1 Å². The first-order chi connectivity index (χ1) is 19.0. The van der Waals surface area contributed by atoms with Gasteiger partial charge < -0.3 is 19.7 Å². The third kappa shape index (κ3) is 4.50. The van der Waals surface area contributed by atoms with E-state index >= 15 is 0 Å². The normalized spacial score (nSPS) is 18.5. The number of aldehydes is 1. The molecular formula is C30H33N5O4. The van der Waals surface area contributed by atoms with Crippen LogP contribution in [0.1, 0.15) is 52.9 Å². The number of likely N-dealkylation sites (tertiary alicyclic amines) is 1. The number of hydrogen-bond acceptors (Lipinski definition) is 6. The van der Waals surface area contributed by atoms with Gasteiger partial charge in [-0.3, -0.25) is 14.5 Å². The minimum Gasteiger partial charge on any atom is -0.492 e. The lowest BCUT2D eigenvalue weighted by atomic mass is 9.74. The molecule has 3 aliphatic heterocycles. The minimum atomic E-state index is -0.681. The molecule has 4 heterocycles. The van der Waals surface area contributed by atoms with Crippen LogP contribution < -0.4 is 10.1 Å². The molecule has 1 unspecified atom stereocenters. The average molecular weight is 528 g/mol. The van der Waals surface area contributed by atoms with E-state index in [1.165, 1.54) is 5.56 Å². The van der Waals surface area contributed by atoms with Crippen molar-refractivity contribution in [2.75, 3.05) is 26.7 Å². The molecule has 9 heteroatoms. The number of rotatable bonds is 8. The zero-order valence-corrected chi connectivity index (χ0v) is 22.1. The third-order valence-corrected chi connectivity index (χ3v) is 8.49. The Hall–Kier alpha value is -3.98. The second kappa shape index (κ2) is 10.3. The highest BCUT2D eigenvalue weighted by atomic mass is 16.5. The molecule has 3 aromatic rings. The number of carbonyl (C=O) groups is 3. The van der Waals surface area contributed by atoms with Gasteiger partial charge in [-0.2, -0.15) is 5.10 Å². The quantitative estimate of drug-likeness (QED) is 0.453. The molecule has 1 saturated heterocycles. The summed E-state index contributed by atoms with van der Waals surface area (Å²) < 4.78 is 8.23. The molecule has 1 aromatic heterocycles. The van der Waals surface area contributed by atoms with Crippen molar-refractivity contribution in [2.45, 2.75) is 50.2 Å². The van der Waals surface area contributed by atoms with Crippen LogP contribution in [-0.2, 0) is 28.1 Å². The molecule has 2 amide bonds. The van der Waals surface area contributed by atoms with Gasteiger partial charge in [0.05, 0.1) is 24.5 Å². The summed E-state index contributed by atoms with van der Waals surface area (Å²) in [7, 11) is 1.55. The van der Waals surface area contributed by atoms with E-state index in [1.807, 2.05) is 47.3 Å². The van der Waals surface area contributed by atoms with E-state index in [2.05, 4.69) is 22.3 Å². The van der Waals surface area contributed by atoms with E-state index in [-0.39, 0.29) is 23.7 Å². The largest absolute Gasteiger partial charge is 0.492 e. The average Bonchev–Trinajstić information content (AvgIpc) is 3.67. The second-order valence-electron chi connectivity index (χ2n) is 10.7. The summed E-state index contributed by atoms with van der Waals surface area (Å²) >= 11 is 0. The van der Waals surface area contributed by atoms with E-state index in [1.54, 1.807) is 11.9 Å². The van der Waals surface area contributed by atoms with E-state index < -0.39 is 6.04 Å². The van der Waals surface area contributed by atoms with Gasteiger partial charge in [0, 0.05) is 48.3 Å². The van der Waals surface area contributed by atoms with Crippen molar-refractivity contribution in [3.63, 3.8) is 0 Å². The van der Waals surface area contributed by atoms with E-state index in [9.17, 15) is 14.4 Å². The molecule has 2 aromatic carbocycles. The van der Waals surface area contributed by atoms with Crippen molar-refractivity contribution >= 4 is 18.1 Å². The number of nitrogens with one attached hydrogen (secondary N) is 1. The van der Waals surface area contributed by atoms with Gasteiger partial charge in [-0.15, -0.1) is 0 Å². The second-order valence-corrected chi connectivity index (χ2v) is 10.7. The van der Waals surface area contributed by atoms with Crippen LogP contribution in [-0.4, -0.2) is 70.5 Å². The Bertz CT molecular complexity index is 1390. The molecule has 1 spiro atoms. The molecule has 6 rings (SSSR count). The van der Waals surface area contributed by atoms with Crippen molar-refractivity contribution in [1.29, 1.82) is 0 Å². The number of likely N-dealkylation sites (N-methyl/N-ethyl adjacent to an activating group) is 1. The number of nitrogens with zero attached hydrogens (tertiary/aromatic N) is 4. The van der Waals surface area contributed by atoms with Crippen molar-refractivity contribution in [3.05, 3.63) is 77.1 Å². The Morgan fingerprint density at radius 2 is 1.95 bits per heavy atom. The minimum absolute atomic E-state index is 0.0710. The number of piperidine rings is 1. The number of amides is 2. The molecule has 0 aliphatic carbocycles. The fourth-order valence-corrected chi connectivity index (χ4v) is 6.28. The molecule has 0 bridgehead atoms. The van der Waals surface area contributed by atoms with E-state index in [0.29, 0.717) is 25.1 Å². The number of carbonyl (C=O) groups excluding carboxylic acids is 3. The van der Waals surface area contributed by atoms with Crippen LogP contribution in [0.5, 0.6) is 5.75 Å². The third-order valence-electron chi connectivity index (χ3n) is 8.49. The summed E-state index contributed by atoms with van der Waals surface area (Å²) in [5, 5.41) is 7.41. The lowest BCUT2D eigenvalue weighted by molar-refractivity contribution is -0.125. The van der Waals surface area contributed by atoms with E-state index in [4.69, 9.17) is 9.84 Å². The van der Waals surface area contributed by atoms with Gasteiger partial charge in [-0.25, -0.2) is 4.68 Å². The monoisotopic (exact) mass is 527 g/mol. The number of fused-ring (bicyclic) bond motifs is 4. The molecule has 202 valence electrons. The van der Waals surface area contributed by atoms with Crippen LogP contribution in [0.2, 0.25) is 0 Å². The number of benzene rings is 2. The lowest BCUT2D eigenvalue weighted by Crippen LogP contribution is -2.46. The standard InChI is InChI=1S/C30H33N5O4/c1-31-28(37)26(8-5-17-36)34-19-24-23(29(34)38)9-10-25-27(24)39-20-30(25)12-15-33(16-13-30)18-21-11-14-35(32-21)22-6-3-2-4-7-22/h2-4,6-7,9-11,14,17,26H,5,8,12-13,15-16,18-20H2,1H3,(H,31,37). The molecule has 1 atom stereocenters. The smallest absolute Gasteiger partial charge is 0.255 e. The predicted octanol–water partition coefficient (Wildman–Crippen LogP) is 2.85. The fraction of sp³-hybridized carbons (Fsp3) is 0.400. The summed E-state index contributed by atoms with van der Waals surface area (Å²) in [5.41, 5.74) is 4.66. The first-order valence-corrected chi connectivity index (χ1v) is 13.6. The van der Waals surface area contributed by atoms with Gasteiger partial charge in [-0.1, -0.05) is 24.3 Å². The molecule has 1 fully saturated rings. The fourth-order valence-electron chi connectivity index (χ4n) is 6.28. The van der Waals surface area contributed by atoms with E-state index in [0.717, 1.165) is 61.5 Å². The van der Waals surface area contributed by atoms with Crippen LogP contribution >= 0.6 is 0 Å². The van der Waals surface area contributed by atoms with Gasteiger partial charge in [0.25, 0.3) is 5.91 Å². The first kappa shape index (κ1) is 25.3. The Labute approximate surface area is 227 Å². The maximum atomic E-state index is 13.3. The molecule has 39 heavy (non-hydrogen) atoms. The molecule has 0 radical (unpaired) electrons. The zero-order chi connectivity index (χ0) is 27.0. The molecule has 0 saturated carbocycles. The molecule has 1 N–H and O–H groups in total. The van der Waals surface area contributed by atoms with Crippen molar-refractivity contribution in [2.24, 2.45) is 0 Å². The van der Waals surface area contributed by atoms with Gasteiger partial charge >= 0.3 is 0 Å². The highest BCUT2D eigenvalue weighted by Crippen LogP contribution is 2.49. The summed E-state index contributed by atoms with van der Waals surface area (Å²) in [6.45, 7) is 3.61. The number of para-hydroxylation sites is 1. The maximum absolute atomic E-state index is 13.3. The molecule has 3 aliphatic rings. The Morgan fingerprint density at radius 3 is 2.69 bits per heavy atom. The zero-order valence-electron chi connectivity index (χ0n) is 22.1. The van der Waals surface area contributed by atoms with Crippen molar-refractivity contribution in [1.82, 2.24) is 24.9 Å². The highest BCUT2D eigenvalue weighted by Gasteiger charge is 2.47. The summed E-state index contributed by atoms with van der Waals surface area (Å²) in [5.74, 6) is 0.374. The topological polar surface area (TPSA) is 96.8 Å². The number of ether oxygens (including phenoxy) is 1. The van der Waals surface area contributed by atoms with Crippen LogP contribution in [0.4, 0.5) is 0 Å². The van der Waals surface area contributed by atoms with Gasteiger partial charge in [0.2, 0.25) is 5.91 Å². The molecule has 9 nitrogen and oxygen atoms in total. The maximum Gasteiger partial charge on any atom is 0.255 e. The highest BCUT2D eigenvalue weighted by molar-refractivity contribution is 6.02. The van der Waals surface area contributed by atoms with Crippen molar-refractivity contribution in [3.8, 4) is 11.4 Å². The summed E-state index contributed by atoms with van der Waals surface area (Å²) in [6.07, 6.45) is 5.26. The summed E-state index contributed by atoms with van der Waals surface area (Å²) in [6, 6.07) is 15.5. The van der Waals surface area contributed by atoms with Gasteiger partial charge in [-0.05, 0) is 56.6 Å². The Balaban J connectivity index is 1.15. The summed E-state index contributed by atoms with van der Waals surface area (Å²) in [4.78, 5) is 40.8. The molecular weight excluding hydrogens is 494 g/mol. The van der Waals surface area contributed by atoms with Crippen LogP contribution in [0.25, 0.3) is 5.69 Å². The van der Waals surface area contributed by atoms with Gasteiger partial charge in [0.15, 0.2) is 0 Å². The van der Waals surface area contributed by atoms with Crippen LogP contribution in [0.3, 0.4) is 0 Å². The predicted molar refractivity (Wildman–Crippen MR) is 145 cm³/mol. The lowest BCUT2D eigenvalue weighted by Gasteiger charge is -2.38. The Morgan fingerprint density at radius 1 is 1.15 bits per heavy atom. The SMILES string of the molecule is CNC(=O)C(CCC=O)N1Cc2c(ccc3c2OCC32CCN(Cc3ccn(-c4ccccc4)n3)CC2)C1=O.